The van der Waals surface area contributed by atoms with Gasteiger partial charge in [0, 0.05) is 25.0 Å². The van der Waals surface area contributed by atoms with Gasteiger partial charge in [-0.05, 0) is 55.9 Å². The van der Waals surface area contributed by atoms with Gasteiger partial charge in [-0.25, -0.2) is 8.42 Å². The van der Waals surface area contributed by atoms with E-state index in [1.54, 1.807) is 0 Å². The van der Waals surface area contributed by atoms with Crippen LogP contribution in [0.5, 0.6) is 0 Å². The van der Waals surface area contributed by atoms with E-state index in [0.717, 1.165) is 19.3 Å². The number of nitrogens with one attached hydrogen (secondary N) is 1. The fourth-order valence-corrected chi connectivity index (χ4v) is 5.51. The summed E-state index contributed by atoms with van der Waals surface area (Å²) in [6.07, 6.45) is 5.69. The van der Waals surface area contributed by atoms with E-state index >= 15 is 0 Å². The molecule has 27 heavy (non-hydrogen) atoms. The predicted molar refractivity (Wildman–Crippen MR) is 102 cm³/mol. The fraction of sp³-hybridized carbons (Fsp3) is 0.600. The van der Waals surface area contributed by atoms with Crippen LogP contribution in [0, 0.1) is 23.2 Å². The van der Waals surface area contributed by atoms with Gasteiger partial charge in [0.25, 0.3) is 0 Å². The van der Waals surface area contributed by atoms with Crippen LogP contribution in [0.15, 0.2) is 29.2 Å². The van der Waals surface area contributed by atoms with Gasteiger partial charge < -0.3 is 5.32 Å². The first kappa shape index (κ1) is 19.8. The molecule has 146 valence electrons. The molecule has 0 radical (unpaired) electrons. The summed E-state index contributed by atoms with van der Waals surface area (Å²) in [5, 5.41) is 12.0. The molecule has 2 fully saturated rings. The molecule has 2 atom stereocenters. The molecule has 1 saturated heterocycles. The molecule has 1 aliphatic heterocycles. The van der Waals surface area contributed by atoms with Gasteiger partial charge in [-0.1, -0.05) is 19.8 Å². The highest BCUT2D eigenvalue weighted by atomic mass is 32.2. The van der Waals surface area contributed by atoms with E-state index in [1.165, 1.54) is 35.0 Å². The van der Waals surface area contributed by atoms with Crippen LogP contribution in [0.3, 0.4) is 0 Å². The lowest BCUT2D eigenvalue weighted by atomic mass is 9.85. The zero-order chi connectivity index (χ0) is 19.4. The summed E-state index contributed by atoms with van der Waals surface area (Å²) in [7, 11) is -3.58. The molecule has 0 unspecified atom stereocenters. The van der Waals surface area contributed by atoms with Gasteiger partial charge in [0.15, 0.2) is 0 Å². The molecule has 3 rings (SSSR count). The molecular weight excluding hydrogens is 362 g/mol. The van der Waals surface area contributed by atoms with Crippen molar-refractivity contribution < 1.29 is 13.2 Å². The topological polar surface area (TPSA) is 90.3 Å². The van der Waals surface area contributed by atoms with Gasteiger partial charge in [-0.15, -0.1) is 0 Å². The maximum Gasteiger partial charge on any atom is 0.243 e. The van der Waals surface area contributed by atoms with Crippen molar-refractivity contribution in [2.75, 3.05) is 13.1 Å². The maximum atomic E-state index is 12.8. The first-order valence-corrected chi connectivity index (χ1v) is 11.2. The van der Waals surface area contributed by atoms with E-state index in [0.29, 0.717) is 37.4 Å². The number of benzene rings is 1. The lowest BCUT2D eigenvalue weighted by Crippen LogP contribution is -2.47. The van der Waals surface area contributed by atoms with E-state index in [4.69, 9.17) is 5.26 Å². The number of hydrogen-bond donors (Lipinski definition) is 1. The quantitative estimate of drug-likeness (QED) is 0.857. The summed E-state index contributed by atoms with van der Waals surface area (Å²) >= 11 is 0. The van der Waals surface area contributed by atoms with Gasteiger partial charge in [-0.2, -0.15) is 9.57 Å². The van der Waals surface area contributed by atoms with E-state index in [-0.39, 0.29) is 22.8 Å². The Kier molecular flexibility index (Phi) is 6.18. The molecule has 1 aromatic rings. The Morgan fingerprint density at radius 1 is 1.11 bits per heavy atom. The lowest BCUT2D eigenvalue weighted by molar-refractivity contribution is -0.127. The Morgan fingerprint density at radius 2 is 1.74 bits per heavy atom. The molecule has 0 bridgehead atoms. The zero-order valence-corrected chi connectivity index (χ0v) is 16.5. The normalized spacial score (nSPS) is 24.9. The molecule has 0 aromatic heterocycles. The summed E-state index contributed by atoms with van der Waals surface area (Å²) < 4.78 is 27.0. The van der Waals surface area contributed by atoms with Crippen molar-refractivity contribution in [3.05, 3.63) is 29.8 Å². The third-order valence-corrected chi connectivity index (χ3v) is 7.80. The zero-order valence-electron chi connectivity index (χ0n) is 15.7. The van der Waals surface area contributed by atoms with Crippen LogP contribution in [0.4, 0.5) is 0 Å². The Hall–Kier alpha value is -1.91. The number of sulfonamides is 1. The molecule has 7 heteroatoms. The number of amides is 1. The molecule has 1 aromatic carbocycles. The van der Waals surface area contributed by atoms with Crippen molar-refractivity contribution in [3.63, 3.8) is 0 Å². The monoisotopic (exact) mass is 389 g/mol. The number of piperidine rings is 1. The standard InChI is InChI=1S/C20H27N3O3S/c1-15-4-2-3-5-19(15)22-20(24)17-10-12-23(13-11-17)27(25,26)18-8-6-16(14-21)7-9-18/h6-9,15,17,19H,2-5,10-13H2,1H3,(H,22,24)/t15-,19-/m0/s1. The molecular formula is C20H27N3O3S. The Labute approximate surface area is 161 Å². The number of nitrogens with zero attached hydrogens (tertiary/aromatic N) is 2. The summed E-state index contributed by atoms with van der Waals surface area (Å²) in [4.78, 5) is 12.8. The van der Waals surface area contributed by atoms with Crippen molar-refractivity contribution in [1.82, 2.24) is 9.62 Å². The molecule has 2 aliphatic rings. The van der Waals surface area contributed by atoms with Crippen LogP contribution in [0.1, 0.15) is 51.0 Å². The van der Waals surface area contributed by atoms with E-state index in [1.807, 2.05) is 6.07 Å². The van der Waals surface area contributed by atoms with Crippen molar-refractivity contribution in [1.29, 1.82) is 5.26 Å². The summed E-state index contributed by atoms with van der Waals surface area (Å²) in [5.74, 6) is 0.468. The SMILES string of the molecule is C[C@H]1CCCC[C@@H]1NC(=O)C1CCN(S(=O)(=O)c2ccc(C#N)cc2)CC1. The van der Waals surface area contributed by atoms with E-state index in [2.05, 4.69) is 12.2 Å². The van der Waals surface area contributed by atoms with Crippen LogP contribution in [0.2, 0.25) is 0 Å². The minimum absolute atomic E-state index is 0.0733. The number of carbonyl (C=O) groups is 1. The number of rotatable bonds is 4. The lowest BCUT2D eigenvalue weighted by Gasteiger charge is -2.34. The molecule has 1 amide bonds. The maximum absolute atomic E-state index is 12.8. The average Bonchev–Trinajstić information content (AvgIpc) is 2.70. The highest BCUT2D eigenvalue weighted by molar-refractivity contribution is 7.89. The second-order valence-electron chi connectivity index (χ2n) is 7.69. The third-order valence-electron chi connectivity index (χ3n) is 5.89. The Morgan fingerprint density at radius 3 is 2.33 bits per heavy atom. The molecule has 1 heterocycles. The minimum atomic E-state index is -3.58. The molecule has 6 nitrogen and oxygen atoms in total. The largest absolute Gasteiger partial charge is 0.353 e. The Bertz CT molecular complexity index is 806. The van der Waals surface area contributed by atoms with Crippen LogP contribution < -0.4 is 5.32 Å². The van der Waals surface area contributed by atoms with Crippen LogP contribution >= 0.6 is 0 Å². The first-order chi connectivity index (χ1) is 12.9. The highest BCUT2D eigenvalue weighted by Crippen LogP contribution is 2.27. The van der Waals surface area contributed by atoms with Crippen LogP contribution in [0.25, 0.3) is 0 Å². The van der Waals surface area contributed by atoms with Crippen molar-refractivity contribution in [2.45, 2.75) is 56.4 Å². The smallest absolute Gasteiger partial charge is 0.243 e. The van der Waals surface area contributed by atoms with Gasteiger partial charge in [0.1, 0.15) is 0 Å². The first-order valence-electron chi connectivity index (χ1n) is 9.72. The minimum Gasteiger partial charge on any atom is -0.353 e. The number of carbonyl (C=O) groups excluding carboxylic acids is 1. The summed E-state index contributed by atoms with van der Waals surface area (Å²) in [6.45, 7) is 2.89. The molecule has 1 N–H and O–H groups in total. The average molecular weight is 390 g/mol. The molecule has 0 spiro atoms. The van der Waals surface area contributed by atoms with Crippen LogP contribution in [-0.4, -0.2) is 37.8 Å². The number of nitriles is 1. The predicted octanol–water partition coefficient (Wildman–Crippen LogP) is 2.65. The van der Waals surface area contributed by atoms with Gasteiger partial charge in [0.05, 0.1) is 16.5 Å². The van der Waals surface area contributed by atoms with Crippen LogP contribution in [-0.2, 0) is 14.8 Å². The van der Waals surface area contributed by atoms with E-state index < -0.39 is 10.0 Å². The van der Waals surface area contributed by atoms with Gasteiger partial charge >= 0.3 is 0 Å². The summed E-state index contributed by atoms with van der Waals surface area (Å²) in [5.41, 5.74) is 0.432. The Balaban J connectivity index is 1.57. The van der Waals surface area contributed by atoms with Crippen molar-refractivity contribution in [3.8, 4) is 6.07 Å². The fourth-order valence-electron chi connectivity index (χ4n) is 4.04. The van der Waals surface area contributed by atoms with Gasteiger partial charge in [0.2, 0.25) is 15.9 Å². The third kappa shape index (κ3) is 4.50. The van der Waals surface area contributed by atoms with Crippen molar-refractivity contribution >= 4 is 15.9 Å². The number of hydrogen-bond acceptors (Lipinski definition) is 4. The molecule has 1 saturated carbocycles. The highest BCUT2D eigenvalue weighted by Gasteiger charge is 2.33. The molecule has 1 aliphatic carbocycles. The van der Waals surface area contributed by atoms with Crippen molar-refractivity contribution in [2.24, 2.45) is 11.8 Å². The second-order valence-corrected chi connectivity index (χ2v) is 9.63. The second kappa shape index (κ2) is 8.41. The van der Waals surface area contributed by atoms with E-state index in [9.17, 15) is 13.2 Å². The van der Waals surface area contributed by atoms with Gasteiger partial charge in [-0.3, -0.25) is 4.79 Å². The summed E-state index contributed by atoms with van der Waals surface area (Å²) in [6, 6.07) is 8.21.